The summed E-state index contributed by atoms with van der Waals surface area (Å²) in [6.07, 6.45) is 2.56. The minimum atomic E-state index is 0.346. The van der Waals surface area contributed by atoms with Crippen molar-refractivity contribution in [2.75, 3.05) is 31.1 Å². The molecule has 0 aliphatic carbocycles. The number of rotatable bonds is 6. The summed E-state index contributed by atoms with van der Waals surface area (Å²) >= 11 is 2.07. The van der Waals surface area contributed by atoms with Crippen molar-refractivity contribution in [3.05, 3.63) is 0 Å². The highest BCUT2D eigenvalue weighted by molar-refractivity contribution is 7.99. The van der Waals surface area contributed by atoms with E-state index >= 15 is 0 Å². The fourth-order valence-corrected chi connectivity index (χ4v) is 3.37. The molecule has 1 N–H and O–H groups in total. The molecule has 0 radical (unpaired) electrons. The number of piperazine rings is 1. The van der Waals surface area contributed by atoms with Crippen LogP contribution in [0.4, 0.5) is 0 Å². The Labute approximate surface area is 125 Å². The summed E-state index contributed by atoms with van der Waals surface area (Å²) in [5, 5.41) is 3.79. The molecule has 0 aromatic carbocycles. The highest BCUT2D eigenvalue weighted by atomic mass is 32.2. The van der Waals surface area contributed by atoms with Gasteiger partial charge in [-0.2, -0.15) is 11.8 Å². The van der Waals surface area contributed by atoms with E-state index in [2.05, 4.69) is 63.5 Å². The highest BCUT2D eigenvalue weighted by Gasteiger charge is 2.39. The third kappa shape index (κ3) is 4.95. The molecule has 1 aliphatic rings. The Morgan fingerprint density at radius 1 is 1.32 bits per heavy atom. The molecule has 0 aromatic rings. The summed E-state index contributed by atoms with van der Waals surface area (Å²) < 4.78 is 0. The second kappa shape index (κ2) is 7.33. The van der Waals surface area contributed by atoms with E-state index in [1.807, 2.05) is 0 Å². The van der Waals surface area contributed by atoms with Crippen molar-refractivity contribution in [3.63, 3.8) is 0 Å². The lowest BCUT2D eigenvalue weighted by Crippen LogP contribution is -2.65. The Morgan fingerprint density at radius 2 is 2.00 bits per heavy atom. The maximum atomic E-state index is 3.79. The molecule has 1 fully saturated rings. The quantitative estimate of drug-likeness (QED) is 0.751. The molecule has 0 spiro atoms. The van der Waals surface area contributed by atoms with Gasteiger partial charge in [0.25, 0.3) is 0 Å². The Balaban J connectivity index is 2.58. The van der Waals surface area contributed by atoms with Gasteiger partial charge in [-0.3, -0.25) is 4.90 Å². The summed E-state index contributed by atoms with van der Waals surface area (Å²) in [6, 6.07) is 0.617. The second-order valence-corrected chi connectivity index (χ2v) is 8.54. The first kappa shape index (κ1) is 17.3. The van der Waals surface area contributed by atoms with E-state index in [0.717, 1.165) is 6.54 Å². The summed E-state index contributed by atoms with van der Waals surface area (Å²) in [5.41, 5.74) is 0.699. The van der Waals surface area contributed by atoms with Crippen LogP contribution in [-0.4, -0.2) is 47.6 Å². The zero-order valence-electron chi connectivity index (χ0n) is 13.9. The molecule has 2 atom stereocenters. The molecule has 2 nitrogen and oxygen atoms in total. The van der Waals surface area contributed by atoms with Crippen LogP contribution in [0.3, 0.4) is 0 Å². The number of hydrogen-bond donors (Lipinski definition) is 1. The molecule has 1 heterocycles. The Kier molecular flexibility index (Phi) is 6.68. The average Bonchev–Trinajstić information content (AvgIpc) is 2.35. The Hall–Kier alpha value is 0.270. The van der Waals surface area contributed by atoms with Crippen LogP contribution >= 0.6 is 11.8 Å². The monoisotopic (exact) mass is 286 g/mol. The third-order valence-corrected chi connectivity index (χ3v) is 5.61. The van der Waals surface area contributed by atoms with E-state index in [1.54, 1.807) is 0 Å². The van der Waals surface area contributed by atoms with E-state index < -0.39 is 0 Å². The normalized spacial score (nSPS) is 29.7. The lowest BCUT2D eigenvalue weighted by Gasteiger charge is -2.51. The molecule has 19 heavy (non-hydrogen) atoms. The minimum absolute atomic E-state index is 0.346. The highest BCUT2D eigenvalue weighted by Crippen LogP contribution is 2.29. The van der Waals surface area contributed by atoms with Gasteiger partial charge in [-0.1, -0.05) is 34.6 Å². The van der Waals surface area contributed by atoms with E-state index in [0.29, 0.717) is 17.0 Å². The van der Waals surface area contributed by atoms with Gasteiger partial charge in [-0.15, -0.1) is 0 Å². The van der Waals surface area contributed by atoms with Crippen LogP contribution in [0.15, 0.2) is 0 Å². The third-order valence-electron chi connectivity index (χ3n) is 4.62. The van der Waals surface area contributed by atoms with Crippen molar-refractivity contribution >= 4 is 11.8 Å². The van der Waals surface area contributed by atoms with E-state index in [9.17, 15) is 0 Å². The van der Waals surface area contributed by atoms with Crippen LogP contribution in [0.5, 0.6) is 0 Å². The van der Waals surface area contributed by atoms with Gasteiger partial charge in [0, 0.05) is 24.7 Å². The fourth-order valence-electron chi connectivity index (χ4n) is 2.75. The molecule has 114 valence electrons. The predicted octanol–water partition coefficient (Wildman–Crippen LogP) is 3.62. The van der Waals surface area contributed by atoms with Crippen molar-refractivity contribution < 1.29 is 0 Å². The average molecular weight is 287 g/mol. The van der Waals surface area contributed by atoms with Crippen LogP contribution in [0, 0.1) is 5.41 Å². The zero-order valence-corrected chi connectivity index (χ0v) is 14.7. The van der Waals surface area contributed by atoms with Crippen LogP contribution in [-0.2, 0) is 0 Å². The molecular weight excluding hydrogens is 252 g/mol. The van der Waals surface area contributed by atoms with Crippen LogP contribution in [0.1, 0.15) is 54.4 Å². The predicted molar refractivity (Wildman–Crippen MR) is 89.1 cm³/mol. The van der Waals surface area contributed by atoms with Gasteiger partial charge in [-0.25, -0.2) is 0 Å². The minimum Gasteiger partial charge on any atom is -0.310 e. The zero-order chi connectivity index (χ0) is 14.5. The standard InChI is InChI=1S/C16H34N2S/c1-7-16(6)13-17-14(15(3,4)5)12-18(16)10-9-11-19-8-2/h14,17H,7-13H2,1-6H3. The number of nitrogens with zero attached hydrogens (tertiary/aromatic N) is 1. The molecular formula is C16H34N2S. The van der Waals surface area contributed by atoms with Gasteiger partial charge in [0.2, 0.25) is 0 Å². The summed E-state index contributed by atoms with van der Waals surface area (Å²) in [4.78, 5) is 2.75. The molecule has 0 bridgehead atoms. The van der Waals surface area contributed by atoms with Gasteiger partial charge in [0.15, 0.2) is 0 Å². The van der Waals surface area contributed by atoms with E-state index in [1.165, 1.54) is 37.4 Å². The van der Waals surface area contributed by atoms with Gasteiger partial charge >= 0.3 is 0 Å². The fraction of sp³-hybridized carbons (Fsp3) is 1.00. The van der Waals surface area contributed by atoms with Gasteiger partial charge in [0.1, 0.15) is 0 Å². The lowest BCUT2D eigenvalue weighted by atomic mass is 9.81. The molecule has 0 saturated carbocycles. The Bertz CT molecular complexity index is 262. The molecule has 1 aliphatic heterocycles. The molecule has 3 heteroatoms. The van der Waals surface area contributed by atoms with Crippen molar-refractivity contribution in [1.29, 1.82) is 0 Å². The van der Waals surface area contributed by atoms with Gasteiger partial charge in [-0.05, 0) is 43.2 Å². The van der Waals surface area contributed by atoms with Crippen LogP contribution < -0.4 is 5.32 Å². The van der Waals surface area contributed by atoms with Gasteiger partial charge in [0.05, 0.1) is 0 Å². The van der Waals surface area contributed by atoms with Crippen molar-refractivity contribution in [1.82, 2.24) is 10.2 Å². The Morgan fingerprint density at radius 3 is 2.53 bits per heavy atom. The maximum absolute atomic E-state index is 3.79. The van der Waals surface area contributed by atoms with E-state index in [-0.39, 0.29) is 0 Å². The van der Waals surface area contributed by atoms with Crippen molar-refractivity contribution in [3.8, 4) is 0 Å². The first-order valence-electron chi connectivity index (χ1n) is 7.89. The number of nitrogens with one attached hydrogen (secondary N) is 1. The molecule has 1 rings (SSSR count). The molecule has 0 aromatic heterocycles. The first-order valence-corrected chi connectivity index (χ1v) is 9.05. The second-order valence-electron chi connectivity index (χ2n) is 7.15. The first-order chi connectivity index (χ1) is 8.83. The largest absolute Gasteiger partial charge is 0.310 e. The van der Waals surface area contributed by atoms with Crippen molar-refractivity contribution in [2.45, 2.75) is 66.0 Å². The lowest BCUT2D eigenvalue weighted by molar-refractivity contribution is 0.0225. The summed E-state index contributed by atoms with van der Waals surface area (Å²) in [5.74, 6) is 2.55. The summed E-state index contributed by atoms with van der Waals surface area (Å²) in [7, 11) is 0. The maximum Gasteiger partial charge on any atom is 0.0303 e. The summed E-state index contributed by atoms with van der Waals surface area (Å²) in [6.45, 7) is 17.6. The SMILES string of the molecule is CCSCCCN1CC(C(C)(C)C)NCC1(C)CC. The number of hydrogen-bond acceptors (Lipinski definition) is 3. The van der Waals surface area contributed by atoms with Crippen molar-refractivity contribution in [2.24, 2.45) is 5.41 Å². The molecule has 0 amide bonds. The molecule has 1 saturated heterocycles. The van der Waals surface area contributed by atoms with E-state index in [4.69, 9.17) is 0 Å². The van der Waals surface area contributed by atoms with Crippen LogP contribution in [0.2, 0.25) is 0 Å². The van der Waals surface area contributed by atoms with Crippen LogP contribution in [0.25, 0.3) is 0 Å². The van der Waals surface area contributed by atoms with Gasteiger partial charge < -0.3 is 5.32 Å². The topological polar surface area (TPSA) is 15.3 Å². The smallest absolute Gasteiger partial charge is 0.0303 e. The molecule has 2 unspecified atom stereocenters. The number of thioether (sulfide) groups is 1.